The summed E-state index contributed by atoms with van der Waals surface area (Å²) in [5.74, 6) is 1.20. The molecule has 0 N–H and O–H groups in total. The Morgan fingerprint density at radius 1 is 1.26 bits per heavy atom. The standard InChI is InChI=1S/C14H15BrO4/c1-17-12-9-14(16)19-13-8-10(4-5-11(12)13)18-7-3-2-6-15/h4-5,8-9H,2-3,6-7H2,1H3. The van der Waals surface area contributed by atoms with E-state index in [0.29, 0.717) is 23.7 Å². The van der Waals surface area contributed by atoms with Crippen LogP contribution in [-0.2, 0) is 0 Å². The summed E-state index contributed by atoms with van der Waals surface area (Å²) in [6.07, 6.45) is 2.04. The molecule has 0 fully saturated rings. The van der Waals surface area contributed by atoms with E-state index in [2.05, 4.69) is 15.9 Å². The van der Waals surface area contributed by atoms with Gasteiger partial charge in [-0.3, -0.25) is 0 Å². The number of methoxy groups -OCH3 is 1. The Labute approximate surface area is 119 Å². The molecule has 0 bridgehead atoms. The lowest BCUT2D eigenvalue weighted by Crippen LogP contribution is -2.00. The zero-order valence-electron chi connectivity index (χ0n) is 10.6. The minimum absolute atomic E-state index is 0.430. The number of unbranched alkanes of at least 4 members (excludes halogenated alkanes) is 1. The molecule has 0 aliphatic rings. The maximum Gasteiger partial charge on any atom is 0.339 e. The summed E-state index contributed by atoms with van der Waals surface area (Å²) in [4.78, 5) is 11.4. The van der Waals surface area contributed by atoms with Crippen LogP contribution in [0.25, 0.3) is 11.0 Å². The average molecular weight is 327 g/mol. The molecule has 19 heavy (non-hydrogen) atoms. The Kier molecular flexibility index (Phi) is 4.85. The predicted octanol–water partition coefficient (Wildman–Crippen LogP) is 3.36. The number of benzene rings is 1. The van der Waals surface area contributed by atoms with Gasteiger partial charge >= 0.3 is 5.63 Å². The molecule has 4 nitrogen and oxygen atoms in total. The predicted molar refractivity (Wildman–Crippen MR) is 77.6 cm³/mol. The van der Waals surface area contributed by atoms with Gasteiger partial charge < -0.3 is 13.9 Å². The van der Waals surface area contributed by atoms with Crippen LogP contribution in [0.4, 0.5) is 0 Å². The maximum atomic E-state index is 11.4. The minimum Gasteiger partial charge on any atom is -0.496 e. The van der Waals surface area contributed by atoms with Crippen LogP contribution in [-0.4, -0.2) is 19.0 Å². The molecule has 0 unspecified atom stereocenters. The Morgan fingerprint density at radius 3 is 2.84 bits per heavy atom. The van der Waals surface area contributed by atoms with E-state index < -0.39 is 5.63 Å². The number of fused-ring (bicyclic) bond motifs is 1. The Hall–Kier alpha value is -1.49. The number of hydrogen-bond acceptors (Lipinski definition) is 4. The third-order valence-electron chi connectivity index (χ3n) is 2.69. The summed E-state index contributed by atoms with van der Waals surface area (Å²) in [5.41, 5.74) is 0.0446. The van der Waals surface area contributed by atoms with Gasteiger partial charge in [0.05, 0.1) is 25.2 Å². The molecule has 0 aliphatic heterocycles. The van der Waals surface area contributed by atoms with Crippen LogP contribution in [0.1, 0.15) is 12.8 Å². The fourth-order valence-corrected chi connectivity index (χ4v) is 2.16. The summed E-state index contributed by atoms with van der Waals surface area (Å²) < 4.78 is 15.9. The molecule has 0 atom stereocenters. The highest BCUT2D eigenvalue weighted by atomic mass is 79.9. The number of ether oxygens (including phenoxy) is 2. The second-order valence-corrected chi connectivity index (χ2v) is 4.83. The molecule has 1 heterocycles. The van der Waals surface area contributed by atoms with E-state index >= 15 is 0 Å². The normalized spacial score (nSPS) is 10.6. The van der Waals surface area contributed by atoms with Crippen molar-refractivity contribution in [2.75, 3.05) is 19.0 Å². The van der Waals surface area contributed by atoms with Crippen molar-refractivity contribution in [3.05, 3.63) is 34.7 Å². The van der Waals surface area contributed by atoms with Crippen molar-refractivity contribution in [2.24, 2.45) is 0 Å². The lowest BCUT2D eigenvalue weighted by Gasteiger charge is -2.07. The van der Waals surface area contributed by atoms with Crippen molar-refractivity contribution in [1.82, 2.24) is 0 Å². The maximum absolute atomic E-state index is 11.4. The van der Waals surface area contributed by atoms with E-state index in [0.717, 1.165) is 23.6 Å². The van der Waals surface area contributed by atoms with Crippen LogP contribution in [0.15, 0.2) is 33.5 Å². The fourth-order valence-electron chi connectivity index (χ4n) is 1.76. The van der Waals surface area contributed by atoms with Crippen LogP contribution in [0.3, 0.4) is 0 Å². The first-order chi connectivity index (χ1) is 9.24. The average Bonchev–Trinajstić information content (AvgIpc) is 2.42. The van der Waals surface area contributed by atoms with Crippen LogP contribution < -0.4 is 15.1 Å². The largest absolute Gasteiger partial charge is 0.496 e. The van der Waals surface area contributed by atoms with Gasteiger partial charge in [0.25, 0.3) is 0 Å². The number of rotatable bonds is 6. The summed E-state index contributed by atoms with van der Waals surface area (Å²) in [6.45, 7) is 0.644. The summed E-state index contributed by atoms with van der Waals surface area (Å²) in [7, 11) is 1.53. The molecule has 2 rings (SSSR count). The third-order valence-corrected chi connectivity index (χ3v) is 3.26. The first-order valence-corrected chi connectivity index (χ1v) is 7.17. The fraction of sp³-hybridized carbons (Fsp3) is 0.357. The van der Waals surface area contributed by atoms with E-state index in [9.17, 15) is 4.79 Å². The number of hydrogen-bond donors (Lipinski definition) is 0. The Bertz CT molecular complexity index is 606. The molecule has 0 radical (unpaired) electrons. The van der Waals surface area contributed by atoms with Gasteiger partial charge in [0.15, 0.2) is 0 Å². The summed E-state index contributed by atoms with van der Waals surface area (Å²) >= 11 is 3.37. The molecular weight excluding hydrogens is 312 g/mol. The highest BCUT2D eigenvalue weighted by molar-refractivity contribution is 9.09. The molecular formula is C14H15BrO4. The van der Waals surface area contributed by atoms with Gasteiger partial charge in [-0.1, -0.05) is 15.9 Å². The molecule has 1 aromatic heterocycles. The second kappa shape index (κ2) is 6.61. The lowest BCUT2D eigenvalue weighted by molar-refractivity contribution is 0.310. The van der Waals surface area contributed by atoms with Crippen molar-refractivity contribution in [3.8, 4) is 11.5 Å². The molecule has 1 aromatic carbocycles. The van der Waals surface area contributed by atoms with Crippen molar-refractivity contribution in [3.63, 3.8) is 0 Å². The first kappa shape index (κ1) is 13.9. The minimum atomic E-state index is -0.430. The molecule has 0 saturated carbocycles. The van der Waals surface area contributed by atoms with Gasteiger partial charge in [-0.15, -0.1) is 0 Å². The van der Waals surface area contributed by atoms with Crippen LogP contribution in [0.2, 0.25) is 0 Å². The number of alkyl halides is 1. The number of halogens is 1. The van der Waals surface area contributed by atoms with E-state index in [1.165, 1.54) is 13.2 Å². The first-order valence-electron chi connectivity index (χ1n) is 6.05. The van der Waals surface area contributed by atoms with Gasteiger partial charge in [-0.25, -0.2) is 4.79 Å². The molecule has 0 amide bonds. The monoisotopic (exact) mass is 326 g/mol. The topological polar surface area (TPSA) is 48.7 Å². The van der Waals surface area contributed by atoms with Crippen LogP contribution >= 0.6 is 15.9 Å². The zero-order valence-corrected chi connectivity index (χ0v) is 12.2. The second-order valence-electron chi connectivity index (χ2n) is 4.04. The van der Waals surface area contributed by atoms with Gasteiger partial charge in [-0.2, -0.15) is 0 Å². The molecule has 2 aromatic rings. The van der Waals surface area contributed by atoms with E-state index in [1.807, 2.05) is 12.1 Å². The molecule has 102 valence electrons. The lowest BCUT2D eigenvalue weighted by atomic mass is 10.2. The Balaban J connectivity index is 2.23. The van der Waals surface area contributed by atoms with Gasteiger partial charge in [-0.05, 0) is 25.0 Å². The highest BCUT2D eigenvalue weighted by Gasteiger charge is 2.07. The Morgan fingerprint density at radius 2 is 2.11 bits per heavy atom. The van der Waals surface area contributed by atoms with Gasteiger partial charge in [0.1, 0.15) is 17.1 Å². The smallest absolute Gasteiger partial charge is 0.339 e. The van der Waals surface area contributed by atoms with E-state index in [4.69, 9.17) is 13.9 Å². The highest BCUT2D eigenvalue weighted by Crippen LogP contribution is 2.27. The zero-order chi connectivity index (χ0) is 13.7. The van der Waals surface area contributed by atoms with Crippen molar-refractivity contribution in [2.45, 2.75) is 12.8 Å². The summed E-state index contributed by atoms with van der Waals surface area (Å²) in [6, 6.07) is 6.72. The van der Waals surface area contributed by atoms with Crippen molar-refractivity contribution in [1.29, 1.82) is 0 Å². The molecule has 0 spiro atoms. The quantitative estimate of drug-likeness (QED) is 0.464. The molecule has 5 heteroatoms. The third kappa shape index (κ3) is 3.50. The van der Waals surface area contributed by atoms with E-state index in [-0.39, 0.29) is 0 Å². The van der Waals surface area contributed by atoms with Crippen LogP contribution in [0, 0.1) is 0 Å². The van der Waals surface area contributed by atoms with E-state index in [1.54, 1.807) is 6.07 Å². The summed E-state index contributed by atoms with van der Waals surface area (Å²) in [5, 5.41) is 1.73. The van der Waals surface area contributed by atoms with Gasteiger partial charge in [0, 0.05) is 11.4 Å². The SMILES string of the molecule is COc1cc(=O)oc2cc(OCCCCBr)ccc12. The molecule has 0 aliphatic carbocycles. The molecule has 0 saturated heterocycles. The van der Waals surface area contributed by atoms with Gasteiger partial charge in [0.2, 0.25) is 0 Å². The van der Waals surface area contributed by atoms with Crippen molar-refractivity contribution < 1.29 is 13.9 Å². The van der Waals surface area contributed by atoms with Crippen LogP contribution in [0.5, 0.6) is 11.5 Å². The van der Waals surface area contributed by atoms with Crippen molar-refractivity contribution >= 4 is 26.9 Å².